The second-order valence-electron chi connectivity index (χ2n) is 6.49. The van der Waals surface area contributed by atoms with Gasteiger partial charge in [0.05, 0.1) is 25.4 Å². The Morgan fingerprint density at radius 2 is 2.04 bits per heavy atom. The minimum atomic E-state index is -0.222. The molecule has 23 heavy (non-hydrogen) atoms. The number of ether oxygens (including phenoxy) is 1. The van der Waals surface area contributed by atoms with Crippen molar-refractivity contribution in [3.05, 3.63) is 52.7 Å². The zero-order chi connectivity index (χ0) is 16.6. The fraction of sp³-hybridized carbons (Fsp3) is 0.353. The number of benzene rings is 1. The Bertz CT molecular complexity index is 903. The van der Waals surface area contributed by atoms with Gasteiger partial charge in [0.2, 0.25) is 0 Å². The lowest BCUT2D eigenvalue weighted by atomic mass is 10.1. The SMILES string of the molecule is COc1cccc(Cn2cnc3c(cnn3C(C)(C)C)c2=O)c1. The van der Waals surface area contributed by atoms with Gasteiger partial charge in [-0.2, -0.15) is 5.10 Å². The molecule has 2 aromatic heterocycles. The van der Waals surface area contributed by atoms with Crippen molar-refractivity contribution in [2.75, 3.05) is 7.11 Å². The zero-order valence-electron chi connectivity index (χ0n) is 13.8. The summed E-state index contributed by atoms with van der Waals surface area (Å²) in [7, 11) is 1.62. The van der Waals surface area contributed by atoms with E-state index in [0.717, 1.165) is 11.3 Å². The predicted octanol–water partition coefficient (Wildman–Crippen LogP) is 2.40. The van der Waals surface area contributed by atoms with Crippen LogP contribution in [0.5, 0.6) is 5.75 Å². The maximum Gasteiger partial charge on any atom is 0.264 e. The molecule has 0 saturated heterocycles. The molecule has 0 aliphatic heterocycles. The van der Waals surface area contributed by atoms with Crippen LogP contribution in [0, 0.1) is 0 Å². The van der Waals surface area contributed by atoms with Gasteiger partial charge in [-0.15, -0.1) is 0 Å². The van der Waals surface area contributed by atoms with E-state index in [4.69, 9.17) is 4.74 Å². The topological polar surface area (TPSA) is 61.9 Å². The van der Waals surface area contributed by atoms with Crippen LogP contribution in [0.3, 0.4) is 0 Å². The molecule has 0 fully saturated rings. The molecular weight excluding hydrogens is 292 g/mol. The second kappa shape index (κ2) is 5.53. The van der Waals surface area contributed by atoms with Crippen molar-refractivity contribution in [3.63, 3.8) is 0 Å². The second-order valence-corrected chi connectivity index (χ2v) is 6.49. The lowest BCUT2D eigenvalue weighted by molar-refractivity contribution is 0.365. The van der Waals surface area contributed by atoms with Gasteiger partial charge in [-0.05, 0) is 38.5 Å². The Morgan fingerprint density at radius 3 is 2.74 bits per heavy atom. The fourth-order valence-corrected chi connectivity index (χ4v) is 2.52. The summed E-state index contributed by atoms with van der Waals surface area (Å²) >= 11 is 0. The average Bonchev–Trinajstić information content (AvgIpc) is 2.95. The molecule has 3 aromatic rings. The van der Waals surface area contributed by atoms with Crippen molar-refractivity contribution in [1.29, 1.82) is 0 Å². The molecule has 6 nitrogen and oxygen atoms in total. The first-order valence-corrected chi connectivity index (χ1v) is 7.47. The monoisotopic (exact) mass is 312 g/mol. The number of methoxy groups -OCH3 is 1. The van der Waals surface area contributed by atoms with Crippen LogP contribution in [0.2, 0.25) is 0 Å². The summed E-state index contributed by atoms with van der Waals surface area (Å²) in [4.78, 5) is 17.1. The molecule has 0 radical (unpaired) electrons. The molecule has 0 saturated carbocycles. The molecule has 0 aliphatic rings. The first-order valence-electron chi connectivity index (χ1n) is 7.47. The van der Waals surface area contributed by atoms with E-state index in [1.54, 1.807) is 28.9 Å². The van der Waals surface area contributed by atoms with Gasteiger partial charge < -0.3 is 4.74 Å². The highest BCUT2D eigenvalue weighted by Crippen LogP contribution is 2.18. The van der Waals surface area contributed by atoms with Gasteiger partial charge in [-0.1, -0.05) is 12.1 Å². The van der Waals surface area contributed by atoms with Crippen molar-refractivity contribution in [2.24, 2.45) is 0 Å². The number of hydrogen-bond acceptors (Lipinski definition) is 4. The molecule has 0 N–H and O–H groups in total. The third kappa shape index (κ3) is 2.84. The molecule has 2 heterocycles. The van der Waals surface area contributed by atoms with Gasteiger partial charge in [-0.3, -0.25) is 9.36 Å². The summed E-state index contributed by atoms with van der Waals surface area (Å²) < 4.78 is 8.58. The number of rotatable bonds is 3. The molecule has 6 heteroatoms. The van der Waals surface area contributed by atoms with E-state index in [1.807, 2.05) is 45.0 Å². The Balaban J connectivity index is 2.03. The minimum Gasteiger partial charge on any atom is -0.497 e. The van der Waals surface area contributed by atoms with Crippen molar-refractivity contribution in [2.45, 2.75) is 32.9 Å². The summed E-state index contributed by atoms with van der Waals surface area (Å²) in [6, 6.07) is 7.65. The van der Waals surface area contributed by atoms with Crippen LogP contribution in [0.1, 0.15) is 26.3 Å². The normalized spacial score (nSPS) is 11.8. The van der Waals surface area contributed by atoms with Crippen molar-refractivity contribution >= 4 is 11.0 Å². The maximum absolute atomic E-state index is 12.7. The van der Waals surface area contributed by atoms with E-state index in [9.17, 15) is 4.79 Å². The number of aromatic nitrogens is 4. The van der Waals surface area contributed by atoms with Gasteiger partial charge in [0.25, 0.3) is 5.56 Å². The van der Waals surface area contributed by atoms with Crippen LogP contribution >= 0.6 is 0 Å². The van der Waals surface area contributed by atoms with Crippen molar-refractivity contribution in [3.8, 4) is 5.75 Å². The highest BCUT2D eigenvalue weighted by molar-refractivity contribution is 5.73. The first-order chi connectivity index (χ1) is 10.9. The Labute approximate surface area is 134 Å². The van der Waals surface area contributed by atoms with Gasteiger partial charge >= 0.3 is 0 Å². The molecule has 3 rings (SSSR count). The van der Waals surface area contributed by atoms with E-state index in [0.29, 0.717) is 17.6 Å². The van der Waals surface area contributed by atoms with Crippen LogP contribution in [0.25, 0.3) is 11.0 Å². The quantitative estimate of drug-likeness (QED) is 0.745. The van der Waals surface area contributed by atoms with Gasteiger partial charge in [0.1, 0.15) is 17.5 Å². The summed E-state index contributed by atoms with van der Waals surface area (Å²) in [5, 5.41) is 4.86. The Morgan fingerprint density at radius 1 is 1.26 bits per heavy atom. The lowest BCUT2D eigenvalue weighted by Crippen LogP contribution is -2.25. The van der Waals surface area contributed by atoms with E-state index < -0.39 is 0 Å². The van der Waals surface area contributed by atoms with Gasteiger partial charge in [-0.25, -0.2) is 9.67 Å². The van der Waals surface area contributed by atoms with Crippen LogP contribution in [-0.4, -0.2) is 26.4 Å². The summed E-state index contributed by atoms with van der Waals surface area (Å²) in [5.41, 5.74) is 1.29. The first kappa shape index (κ1) is 15.3. The predicted molar refractivity (Wildman–Crippen MR) is 88.9 cm³/mol. The summed E-state index contributed by atoms with van der Waals surface area (Å²) in [5.74, 6) is 0.769. The van der Waals surface area contributed by atoms with Gasteiger partial charge in [0.15, 0.2) is 5.65 Å². The lowest BCUT2D eigenvalue weighted by Gasteiger charge is -2.19. The van der Waals surface area contributed by atoms with Crippen LogP contribution < -0.4 is 10.3 Å². The highest BCUT2D eigenvalue weighted by atomic mass is 16.5. The molecule has 0 bridgehead atoms. The van der Waals surface area contributed by atoms with E-state index in [1.165, 1.54) is 0 Å². The highest BCUT2D eigenvalue weighted by Gasteiger charge is 2.19. The molecule has 0 amide bonds. The summed E-state index contributed by atoms with van der Waals surface area (Å²) in [6.07, 6.45) is 3.17. The smallest absolute Gasteiger partial charge is 0.264 e. The van der Waals surface area contributed by atoms with Crippen LogP contribution in [0.4, 0.5) is 0 Å². The third-order valence-corrected chi connectivity index (χ3v) is 3.68. The van der Waals surface area contributed by atoms with E-state index >= 15 is 0 Å². The number of nitrogens with zero attached hydrogens (tertiary/aromatic N) is 4. The third-order valence-electron chi connectivity index (χ3n) is 3.68. The van der Waals surface area contributed by atoms with E-state index in [2.05, 4.69) is 10.1 Å². The summed E-state index contributed by atoms with van der Waals surface area (Å²) in [6.45, 7) is 6.54. The van der Waals surface area contributed by atoms with Crippen LogP contribution in [-0.2, 0) is 12.1 Å². The minimum absolute atomic E-state index is 0.0895. The Hall–Kier alpha value is -2.63. The molecule has 120 valence electrons. The molecular formula is C17H20N4O2. The molecule has 0 aliphatic carbocycles. The fourth-order valence-electron chi connectivity index (χ4n) is 2.52. The zero-order valence-corrected chi connectivity index (χ0v) is 13.8. The standard InChI is InChI=1S/C17H20N4O2/c1-17(2,3)21-15-14(9-19-21)16(22)20(11-18-15)10-12-6-5-7-13(8-12)23-4/h5-9,11H,10H2,1-4H3. The molecule has 0 atom stereocenters. The number of fused-ring (bicyclic) bond motifs is 1. The van der Waals surface area contributed by atoms with Crippen molar-refractivity contribution in [1.82, 2.24) is 19.3 Å². The molecule has 0 unspecified atom stereocenters. The van der Waals surface area contributed by atoms with E-state index in [-0.39, 0.29) is 11.1 Å². The molecule has 0 spiro atoms. The number of hydrogen-bond donors (Lipinski definition) is 0. The van der Waals surface area contributed by atoms with Crippen molar-refractivity contribution < 1.29 is 4.74 Å². The average molecular weight is 312 g/mol. The van der Waals surface area contributed by atoms with Gasteiger partial charge in [0, 0.05) is 0 Å². The van der Waals surface area contributed by atoms with Crippen LogP contribution in [0.15, 0.2) is 41.6 Å². The largest absolute Gasteiger partial charge is 0.497 e. The maximum atomic E-state index is 12.7. The molecule has 1 aromatic carbocycles. The Kier molecular flexibility index (Phi) is 3.67.